The average molecular weight is 188 g/mol. The molecule has 0 unspecified atom stereocenters. The maximum absolute atomic E-state index is 3.35. The standard InChI is InChI=1S/C12H16N2/c1-2-13-8-11-9-14-7-10-5-3-4-6-12(10)11/h3-6,9,13-14H,2,7-8H2,1H3. The predicted molar refractivity (Wildman–Crippen MR) is 59.8 cm³/mol. The fourth-order valence-corrected chi connectivity index (χ4v) is 1.76. The van der Waals surface area contributed by atoms with Gasteiger partial charge in [-0.3, -0.25) is 0 Å². The first-order chi connectivity index (χ1) is 6.92. The molecule has 2 heteroatoms. The molecule has 1 aromatic carbocycles. The van der Waals surface area contributed by atoms with Gasteiger partial charge in [-0.25, -0.2) is 0 Å². The highest BCUT2D eigenvalue weighted by Gasteiger charge is 2.10. The van der Waals surface area contributed by atoms with Crippen molar-refractivity contribution in [2.75, 3.05) is 13.1 Å². The summed E-state index contributed by atoms with van der Waals surface area (Å²) in [7, 11) is 0. The van der Waals surface area contributed by atoms with Gasteiger partial charge in [-0.05, 0) is 23.2 Å². The van der Waals surface area contributed by atoms with Crippen LogP contribution in [0.4, 0.5) is 0 Å². The van der Waals surface area contributed by atoms with E-state index in [0.29, 0.717) is 0 Å². The molecule has 1 aliphatic rings. The lowest BCUT2D eigenvalue weighted by Gasteiger charge is -2.18. The largest absolute Gasteiger partial charge is 0.387 e. The third kappa shape index (κ3) is 1.80. The molecule has 14 heavy (non-hydrogen) atoms. The van der Waals surface area contributed by atoms with Crippen LogP contribution in [0.5, 0.6) is 0 Å². The van der Waals surface area contributed by atoms with Crippen LogP contribution in [0.1, 0.15) is 18.1 Å². The Morgan fingerprint density at radius 2 is 2.21 bits per heavy atom. The Hall–Kier alpha value is -1.28. The molecule has 2 N–H and O–H groups in total. The van der Waals surface area contributed by atoms with Gasteiger partial charge in [0, 0.05) is 19.3 Å². The highest BCUT2D eigenvalue weighted by Crippen LogP contribution is 2.21. The fourth-order valence-electron chi connectivity index (χ4n) is 1.76. The van der Waals surface area contributed by atoms with E-state index < -0.39 is 0 Å². The second-order valence-corrected chi connectivity index (χ2v) is 3.49. The molecule has 1 aliphatic heterocycles. The van der Waals surface area contributed by atoms with E-state index in [2.05, 4.69) is 48.0 Å². The number of likely N-dealkylation sites (N-methyl/N-ethyl adjacent to an activating group) is 1. The predicted octanol–water partition coefficient (Wildman–Crippen LogP) is 1.74. The van der Waals surface area contributed by atoms with Crippen LogP contribution in [0.3, 0.4) is 0 Å². The van der Waals surface area contributed by atoms with E-state index in [1.54, 1.807) is 0 Å². The number of rotatable bonds is 3. The van der Waals surface area contributed by atoms with Gasteiger partial charge in [0.05, 0.1) is 0 Å². The van der Waals surface area contributed by atoms with Crippen LogP contribution in [0.2, 0.25) is 0 Å². The molecular weight excluding hydrogens is 172 g/mol. The normalized spacial score (nSPS) is 14.2. The molecular formula is C12H16N2. The van der Waals surface area contributed by atoms with E-state index in [1.807, 2.05) is 0 Å². The summed E-state index contributed by atoms with van der Waals surface area (Å²) in [5.74, 6) is 0. The zero-order valence-corrected chi connectivity index (χ0v) is 8.51. The molecule has 0 bridgehead atoms. The molecule has 0 saturated carbocycles. The summed E-state index contributed by atoms with van der Waals surface area (Å²) < 4.78 is 0. The molecule has 2 nitrogen and oxygen atoms in total. The molecule has 0 radical (unpaired) electrons. The van der Waals surface area contributed by atoms with Crippen LogP contribution in [0.25, 0.3) is 5.57 Å². The first kappa shape index (κ1) is 9.28. The number of nitrogens with one attached hydrogen (secondary N) is 2. The number of fused-ring (bicyclic) bond motifs is 1. The summed E-state index contributed by atoms with van der Waals surface area (Å²) in [5, 5.41) is 6.65. The van der Waals surface area contributed by atoms with Crippen molar-refractivity contribution in [1.82, 2.24) is 10.6 Å². The summed E-state index contributed by atoms with van der Waals surface area (Å²) in [5.41, 5.74) is 4.13. The molecule has 1 aromatic rings. The Morgan fingerprint density at radius 1 is 1.36 bits per heavy atom. The quantitative estimate of drug-likeness (QED) is 0.755. The Labute approximate surface area is 85.0 Å². The van der Waals surface area contributed by atoms with Gasteiger partial charge in [0.1, 0.15) is 0 Å². The topological polar surface area (TPSA) is 24.1 Å². The Morgan fingerprint density at radius 3 is 3.07 bits per heavy atom. The molecule has 2 rings (SSSR count). The van der Waals surface area contributed by atoms with Crippen molar-refractivity contribution in [3.8, 4) is 0 Å². The van der Waals surface area contributed by atoms with Crippen molar-refractivity contribution in [3.05, 3.63) is 41.6 Å². The zero-order valence-electron chi connectivity index (χ0n) is 8.51. The van der Waals surface area contributed by atoms with Crippen LogP contribution in [0.15, 0.2) is 30.5 Å². The SMILES string of the molecule is CCNCC1=CNCc2ccccc21. The van der Waals surface area contributed by atoms with Crippen LogP contribution in [-0.2, 0) is 6.54 Å². The van der Waals surface area contributed by atoms with Crippen LogP contribution >= 0.6 is 0 Å². The minimum absolute atomic E-state index is 0.945. The maximum Gasteiger partial charge on any atom is 0.0401 e. The van der Waals surface area contributed by atoms with Crippen molar-refractivity contribution in [3.63, 3.8) is 0 Å². The Kier molecular flexibility index (Phi) is 2.84. The Bertz CT molecular complexity index is 342. The van der Waals surface area contributed by atoms with Gasteiger partial charge in [-0.2, -0.15) is 0 Å². The summed E-state index contributed by atoms with van der Waals surface area (Å²) in [6, 6.07) is 8.57. The summed E-state index contributed by atoms with van der Waals surface area (Å²) in [4.78, 5) is 0. The van der Waals surface area contributed by atoms with Gasteiger partial charge in [0.2, 0.25) is 0 Å². The molecule has 74 valence electrons. The van der Waals surface area contributed by atoms with Gasteiger partial charge in [-0.1, -0.05) is 31.2 Å². The van der Waals surface area contributed by atoms with Crippen molar-refractivity contribution in [1.29, 1.82) is 0 Å². The van der Waals surface area contributed by atoms with E-state index in [9.17, 15) is 0 Å². The van der Waals surface area contributed by atoms with Crippen molar-refractivity contribution < 1.29 is 0 Å². The summed E-state index contributed by atoms with van der Waals surface area (Å²) in [6.45, 7) is 5.04. The molecule has 0 spiro atoms. The maximum atomic E-state index is 3.35. The van der Waals surface area contributed by atoms with Crippen LogP contribution in [0, 0.1) is 0 Å². The fraction of sp³-hybridized carbons (Fsp3) is 0.333. The molecule has 1 heterocycles. The van der Waals surface area contributed by atoms with E-state index >= 15 is 0 Å². The smallest absolute Gasteiger partial charge is 0.0401 e. The van der Waals surface area contributed by atoms with Crippen LogP contribution in [-0.4, -0.2) is 13.1 Å². The van der Waals surface area contributed by atoms with E-state index in [-0.39, 0.29) is 0 Å². The van der Waals surface area contributed by atoms with Gasteiger partial charge >= 0.3 is 0 Å². The van der Waals surface area contributed by atoms with Gasteiger partial charge in [0.15, 0.2) is 0 Å². The molecule has 0 atom stereocenters. The van der Waals surface area contributed by atoms with E-state index in [1.165, 1.54) is 16.7 Å². The average Bonchev–Trinajstić information content (AvgIpc) is 2.26. The minimum Gasteiger partial charge on any atom is -0.387 e. The number of benzene rings is 1. The van der Waals surface area contributed by atoms with Gasteiger partial charge < -0.3 is 10.6 Å². The second kappa shape index (κ2) is 4.29. The lowest BCUT2D eigenvalue weighted by atomic mass is 9.98. The van der Waals surface area contributed by atoms with Crippen molar-refractivity contribution in [2.45, 2.75) is 13.5 Å². The first-order valence-corrected chi connectivity index (χ1v) is 5.13. The number of hydrogen-bond acceptors (Lipinski definition) is 2. The third-order valence-corrected chi connectivity index (χ3v) is 2.50. The molecule has 0 aliphatic carbocycles. The second-order valence-electron chi connectivity index (χ2n) is 3.49. The third-order valence-electron chi connectivity index (χ3n) is 2.50. The van der Waals surface area contributed by atoms with Gasteiger partial charge in [-0.15, -0.1) is 0 Å². The van der Waals surface area contributed by atoms with E-state index in [4.69, 9.17) is 0 Å². The monoisotopic (exact) mass is 188 g/mol. The summed E-state index contributed by atoms with van der Waals surface area (Å²) in [6.07, 6.45) is 2.12. The van der Waals surface area contributed by atoms with Crippen LogP contribution < -0.4 is 10.6 Å². The minimum atomic E-state index is 0.945. The molecule has 0 aromatic heterocycles. The highest BCUT2D eigenvalue weighted by molar-refractivity contribution is 5.70. The van der Waals surface area contributed by atoms with E-state index in [0.717, 1.165) is 19.6 Å². The highest BCUT2D eigenvalue weighted by atomic mass is 14.9. The number of hydrogen-bond donors (Lipinski definition) is 2. The lowest BCUT2D eigenvalue weighted by Crippen LogP contribution is -2.21. The van der Waals surface area contributed by atoms with Crippen molar-refractivity contribution >= 4 is 5.57 Å². The molecule has 0 amide bonds. The first-order valence-electron chi connectivity index (χ1n) is 5.13. The zero-order chi connectivity index (χ0) is 9.80. The molecule has 0 saturated heterocycles. The Balaban J connectivity index is 2.22. The lowest BCUT2D eigenvalue weighted by molar-refractivity contribution is 0.786. The molecule has 0 fully saturated rings. The van der Waals surface area contributed by atoms with Crippen molar-refractivity contribution in [2.24, 2.45) is 0 Å². The summed E-state index contributed by atoms with van der Waals surface area (Å²) >= 11 is 0. The van der Waals surface area contributed by atoms with Gasteiger partial charge in [0.25, 0.3) is 0 Å².